The van der Waals surface area contributed by atoms with E-state index in [1.54, 1.807) is 18.5 Å². The van der Waals surface area contributed by atoms with Crippen LogP contribution in [0.2, 0.25) is 0 Å². The smallest absolute Gasteiger partial charge is 0.407 e. The number of hydrogen-bond acceptors (Lipinski definition) is 4. The zero-order valence-electron chi connectivity index (χ0n) is 13.6. The summed E-state index contributed by atoms with van der Waals surface area (Å²) in [5, 5.41) is 9.46. The number of pyridine rings is 1. The fourth-order valence-corrected chi connectivity index (χ4v) is 3.01. The Kier molecular flexibility index (Phi) is 4.84. The van der Waals surface area contributed by atoms with Crippen molar-refractivity contribution in [2.24, 2.45) is 0 Å². The molecule has 1 atom stereocenters. The molecule has 6 heteroatoms. The molecule has 1 N–H and O–H groups in total. The highest BCUT2D eigenvalue weighted by atomic mass is 16.5. The number of para-hydroxylation sites is 1. The van der Waals surface area contributed by atoms with E-state index >= 15 is 0 Å². The van der Waals surface area contributed by atoms with E-state index in [4.69, 9.17) is 4.74 Å². The van der Waals surface area contributed by atoms with Crippen molar-refractivity contribution in [1.29, 1.82) is 0 Å². The standard InChI is InChI=1S/C18H21N3O3/c1-14-5-2-3-7-17(14)20-9-10-21(18(22)23)15(12-20)13-24-16-6-4-8-19-11-16/h2-8,11,15H,9-10,12-13H2,1H3,(H,22,23). The van der Waals surface area contributed by atoms with Crippen LogP contribution in [0, 0.1) is 6.92 Å². The summed E-state index contributed by atoms with van der Waals surface area (Å²) in [7, 11) is 0. The minimum atomic E-state index is -0.903. The van der Waals surface area contributed by atoms with Crippen molar-refractivity contribution in [2.45, 2.75) is 13.0 Å². The number of rotatable bonds is 4. The van der Waals surface area contributed by atoms with Gasteiger partial charge in [-0.05, 0) is 30.7 Å². The number of ether oxygens (including phenoxy) is 1. The van der Waals surface area contributed by atoms with Gasteiger partial charge in [0.15, 0.2) is 0 Å². The first-order valence-corrected chi connectivity index (χ1v) is 7.98. The summed E-state index contributed by atoms with van der Waals surface area (Å²) in [6.07, 6.45) is 2.41. The molecule has 0 radical (unpaired) electrons. The Hall–Kier alpha value is -2.76. The number of benzene rings is 1. The van der Waals surface area contributed by atoms with Crippen molar-refractivity contribution in [2.75, 3.05) is 31.1 Å². The molecule has 1 unspecified atom stereocenters. The summed E-state index contributed by atoms with van der Waals surface area (Å²) < 4.78 is 5.75. The van der Waals surface area contributed by atoms with Crippen LogP contribution in [0.3, 0.4) is 0 Å². The first-order valence-electron chi connectivity index (χ1n) is 7.98. The van der Waals surface area contributed by atoms with Gasteiger partial charge >= 0.3 is 6.09 Å². The lowest BCUT2D eigenvalue weighted by molar-refractivity contribution is 0.0965. The fraction of sp³-hybridized carbons (Fsp3) is 0.333. The number of nitrogens with zero attached hydrogens (tertiary/aromatic N) is 3. The average Bonchev–Trinajstić information content (AvgIpc) is 2.61. The van der Waals surface area contributed by atoms with Crippen LogP contribution in [0.1, 0.15) is 5.56 Å². The molecule has 126 valence electrons. The Balaban J connectivity index is 1.72. The molecule has 3 rings (SSSR count). The first-order chi connectivity index (χ1) is 11.6. The fourth-order valence-electron chi connectivity index (χ4n) is 3.01. The molecule has 1 aromatic heterocycles. The van der Waals surface area contributed by atoms with Crippen LogP contribution in [0.25, 0.3) is 0 Å². The Labute approximate surface area is 141 Å². The largest absolute Gasteiger partial charge is 0.490 e. The van der Waals surface area contributed by atoms with E-state index in [9.17, 15) is 9.90 Å². The van der Waals surface area contributed by atoms with Gasteiger partial charge in [-0.1, -0.05) is 18.2 Å². The second-order valence-corrected chi connectivity index (χ2v) is 5.86. The van der Waals surface area contributed by atoms with Crippen molar-refractivity contribution in [1.82, 2.24) is 9.88 Å². The lowest BCUT2D eigenvalue weighted by Crippen LogP contribution is -2.57. The summed E-state index contributed by atoms with van der Waals surface area (Å²) in [5.41, 5.74) is 2.34. The van der Waals surface area contributed by atoms with E-state index < -0.39 is 6.09 Å². The van der Waals surface area contributed by atoms with Crippen molar-refractivity contribution in [3.8, 4) is 5.75 Å². The first kappa shape index (κ1) is 16.1. The van der Waals surface area contributed by atoms with Gasteiger partial charge in [0, 0.05) is 31.5 Å². The quantitative estimate of drug-likeness (QED) is 0.935. The normalized spacial score (nSPS) is 17.6. The molecule has 1 fully saturated rings. The van der Waals surface area contributed by atoms with Crippen LogP contribution < -0.4 is 9.64 Å². The zero-order chi connectivity index (χ0) is 16.9. The van der Waals surface area contributed by atoms with Crippen LogP contribution in [-0.4, -0.2) is 53.4 Å². The van der Waals surface area contributed by atoms with Crippen molar-refractivity contribution in [3.05, 3.63) is 54.4 Å². The number of aromatic nitrogens is 1. The molecular weight excluding hydrogens is 306 g/mol. The number of aryl methyl sites for hydroxylation is 1. The Morgan fingerprint density at radius 1 is 1.29 bits per heavy atom. The number of carbonyl (C=O) groups is 1. The predicted molar refractivity (Wildman–Crippen MR) is 91.6 cm³/mol. The molecule has 1 amide bonds. The van der Waals surface area contributed by atoms with Crippen LogP contribution in [0.5, 0.6) is 5.75 Å². The van der Waals surface area contributed by atoms with Gasteiger partial charge in [0.2, 0.25) is 0 Å². The highest BCUT2D eigenvalue weighted by Crippen LogP contribution is 2.23. The summed E-state index contributed by atoms with van der Waals surface area (Å²) in [4.78, 5) is 19.2. The maximum absolute atomic E-state index is 11.5. The lowest BCUT2D eigenvalue weighted by Gasteiger charge is -2.41. The Morgan fingerprint density at radius 3 is 2.83 bits per heavy atom. The van der Waals surface area contributed by atoms with E-state index in [0.29, 0.717) is 32.0 Å². The van der Waals surface area contributed by atoms with E-state index in [0.717, 1.165) is 5.69 Å². The van der Waals surface area contributed by atoms with Gasteiger partial charge in [0.1, 0.15) is 12.4 Å². The predicted octanol–water partition coefficient (Wildman–Crippen LogP) is 2.64. The van der Waals surface area contributed by atoms with Gasteiger partial charge in [0.25, 0.3) is 0 Å². The van der Waals surface area contributed by atoms with Crippen LogP contribution >= 0.6 is 0 Å². The minimum Gasteiger partial charge on any atom is -0.490 e. The summed E-state index contributed by atoms with van der Waals surface area (Å²) in [5.74, 6) is 0.649. The van der Waals surface area contributed by atoms with E-state index in [2.05, 4.69) is 28.9 Å². The Bertz CT molecular complexity index is 693. The number of hydrogen-bond donors (Lipinski definition) is 1. The van der Waals surface area contributed by atoms with Gasteiger partial charge < -0.3 is 14.7 Å². The minimum absolute atomic E-state index is 0.226. The van der Waals surface area contributed by atoms with Crippen LogP contribution in [0.15, 0.2) is 48.8 Å². The molecule has 0 spiro atoms. The third-order valence-corrected chi connectivity index (χ3v) is 4.26. The topological polar surface area (TPSA) is 65.9 Å². The van der Waals surface area contributed by atoms with E-state index in [-0.39, 0.29) is 6.04 Å². The molecule has 1 aliphatic heterocycles. The molecule has 1 aromatic carbocycles. The third kappa shape index (κ3) is 3.59. The maximum atomic E-state index is 11.5. The third-order valence-electron chi connectivity index (χ3n) is 4.26. The van der Waals surface area contributed by atoms with E-state index in [1.807, 2.05) is 18.2 Å². The summed E-state index contributed by atoms with van der Waals surface area (Å²) in [6, 6.07) is 11.5. The SMILES string of the molecule is Cc1ccccc1N1CCN(C(=O)O)C(COc2cccnc2)C1. The molecule has 2 heterocycles. The molecule has 6 nitrogen and oxygen atoms in total. The molecule has 2 aromatic rings. The monoisotopic (exact) mass is 327 g/mol. The second-order valence-electron chi connectivity index (χ2n) is 5.86. The maximum Gasteiger partial charge on any atom is 0.407 e. The van der Waals surface area contributed by atoms with Crippen LogP contribution in [-0.2, 0) is 0 Å². The van der Waals surface area contributed by atoms with Gasteiger partial charge in [-0.15, -0.1) is 0 Å². The lowest BCUT2D eigenvalue weighted by atomic mass is 10.1. The van der Waals surface area contributed by atoms with Crippen molar-refractivity contribution in [3.63, 3.8) is 0 Å². The second kappa shape index (κ2) is 7.21. The number of amides is 1. The average molecular weight is 327 g/mol. The summed E-state index contributed by atoms with van der Waals surface area (Å²) in [6.45, 7) is 4.13. The molecule has 0 saturated carbocycles. The van der Waals surface area contributed by atoms with Gasteiger partial charge in [-0.2, -0.15) is 0 Å². The molecule has 0 bridgehead atoms. The molecular formula is C18H21N3O3. The van der Waals surface area contributed by atoms with E-state index in [1.165, 1.54) is 10.5 Å². The highest BCUT2D eigenvalue weighted by molar-refractivity contribution is 5.66. The van der Waals surface area contributed by atoms with Gasteiger partial charge in [-0.25, -0.2) is 4.79 Å². The van der Waals surface area contributed by atoms with Crippen molar-refractivity contribution < 1.29 is 14.6 Å². The Morgan fingerprint density at radius 2 is 2.12 bits per heavy atom. The molecule has 24 heavy (non-hydrogen) atoms. The molecule has 1 aliphatic rings. The highest BCUT2D eigenvalue weighted by Gasteiger charge is 2.31. The number of carboxylic acid groups (broad SMARTS) is 1. The number of piperazine rings is 1. The summed E-state index contributed by atoms with van der Waals surface area (Å²) >= 11 is 0. The molecule has 1 saturated heterocycles. The van der Waals surface area contributed by atoms with Gasteiger partial charge in [-0.3, -0.25) is 9.88 Å². The van der Waals surface area contributed by atoms with Gasteiger partial charge in [0.05, 0.1) is 12.2 Å². The number of anilines is 1. The van der Waals surface area contributed by atoms with Crippen LogP contribution in [0.4, 0.5) is 10.5 Å². The van der Waals surface area contributed by atoms with Crippen molar-refractivity contribution >= 4 is 11.8 Å². The zero-order valence-corrected chi connectivity index (χ0v) is 13.6. The molecule has 0 aliphatic carbocycles.